The molecule has 1 aromatic heterocycles. The van der Waals surface area contributed by atoms with Crippen LogP contribution in [0.15, 0.2) is 34.1 Å². The van der Waals surface area contributed by atoms with Gasteiger partial charge in [0.15, 0.2) is 0 Å². The maximum Gasteiger partial charge on any atom is 0.142 e. The molecule has 2 aromatic rings. The normalized spacial score (nSPS) is 12.7. The standard InChI is InChI=1S/C14H15BrFNS/c1-3-17-13(14-9(2)7-8-18-14)10-5-4-6-11(15)12(10)16/h4-8,13,17H,3H2,1-2H3. The van der Waals surface area contributed by atoms with Crippen molar-refractivity contribution < 1.29 is 4.39 Å². The lowest BCUT2D eigenvalue weighted by Crippen LogP contribution is -2.22. The summed E-state index contributed by atoms with van der Waals surface area (Å²) in [5, 5.41) is 5.41. The van der Waals surface area contributed by atoms with Gasteiger partial charge in [0.05, 0.1) is 10.5 Å². The van der Waals surface area contributed by atoms with Gasteiger partial charge in [0.2, 0.25) is 0 Å². The number of hydrogen-bond acceptors (Lipinski definition) is 2. The molecule has 2 rings (SSSR count). The second-order valence-corrected chi connectivity index (χ2v) is 5.90. The van der Waals surface area contributed by atoms with E-state index in [0.717, 1.165) is 6.54 Å². The van der Waals surface area contributed by atoms with Crippen LogP contribution in [0.25, 0.3) is 0 Å². The molecule has 96 valence electrons. The molecule has 0 amide bonds. The van der Waals surface area contributed by atoms with Crippen LogP contribution < -0.4 is 5.32 Å². The first-order valence-electron chi connectivity index (χ1n) is 5.86. The van der Waals surface area contributed by atoms with E-state index in [1.54, 1.807) is 17.4 Å². The molecule has 1 aromatic carbocycles. The zero-order valence-corrected chi connectivity index (χ0v) is 12.7. The molecule has 0 radical (unpaired) electrons. The van der Waals surface area contributed by atoms with Crippen molar-refractivity contribution in [3.05, 3.63) is 55.9 Å². The topological polar surface area (TPSA) is 12.0 Å². The summed E-state index contributed by atoms with van der Waals surface area (Å²) in [6.45, 7) is 4.89. The Morgan fingerprint density at radius 1 is 1.39 bits per heavy atom. The van der Waals surface area contributed by atoms with Gasteiger partial charge in [0.1, 0.15) is 5.82 Å². The van der Waals surface area contributed by atoms with Crippen molar-refractivity contribution in [2.45, 2.75) is 19.9 Å². The van der Waals surface area contributed by atoms with Crippen LogP contribution in [0, 0.1) is 12.7 Å². The van der Waals surface area contributed by atoms with E-state index in [-0.39, 0.29) is 11.9 Å². The smallest absolute Gasteiger partial charge is 0.142 e. The highest BCUT2D eigenvalue weighted by molar-refractivity contribution is 9.10. The molecule has 1 heterocycles. The van der Waals surface area contributed by atoms with Gasteiger partial charge < -0.3 is 5.32 Å². The Bertz CT molecular complexity index is 538. The van der Waals surface area contributed by atoms with Gasteiger partial charge >= 0.3 is 0 Å². The Morgan fingerprint density at radius 2 is 2.17 bits per heavy atom. The number of benzene rings is 1. The summed E-state index contributed by atoms with van der Waals surface area (Å²) in [4.78, 5) is 1.17. The molecule has 4 heteroatoms. The minimum atomic E-state index is -0.184. The first-order valence-corrected chi connectivity index (χ1v) is 7.53. The molecule has 0 aliphatic rings. The van der Waals surface area contributed by atoms with Crippen molar-refractivity contribution >= 4 is 27.3 Å². The van der Waals surface area contributed by atoms with E-state index in [9.17, 15) is 4.39 Å². The predicted octanol–water partition coefficient (Wildman–Crippen LogP) is 4.66. The zero-order valence-electron chi connectivity index (χ0n) is 10.3. The summed E-state index contributed by atoms with van der Waals surface area (Å²) in [5.74, 6) is -0.184. The van der Waals surface area contributed by atoms with Crippen molar-refractivity contribution in [2.24, 2.45) is 0 Å². The van der Waals surface area contributed by atoms with E-state index < -0.39 is 0 Å². The summed E-state index contributed by atoms with van der Waals surface area (Å²) in [6.07, 6.45) is 0. The maximum atomic E-state index is 14.2. The number of halogens is 2. The average molecular weight is 328 g/mol. The molecule has 0 aliphatic carbocycles. The van der Waals surface area contributed by atoms with Crippen LogP contribution in [0.5, 0.6) is 0 Å². The summed E-state index contributed by atoms with van der Waals surface area (Å²) >= 11 is 4.91. The Morgan fingerprint density at radius 3 is 2.78 bits per heavy atom. The van der Waals surface area contributed by atoms with Crippen molar-refractivity contribution in [2.75, 3.05) is 6.54 Å². The van der Waals surface area contributed by atoms with Crippen LogP contribution in [0.4, 0.5) is 4.39 Å². The fourth-order valence-corrected chi connectivity index (χ4v) is 3.37. The van der Waals surface area contributed by atoms with Crippen LogP contribution in [0.2, 0.25) is 0 Å². The van der Waals surface area contributed by atoms with Gasteiger partial charge in [-0.3, -0.25) is 0 Å². The minimum absolute atomic E-state index is 0.0764. The summed E-state index contributed by atoms with van der Waals surface area (Å²) in [6, 6.07) is 7.43. The van der Waals surface area contributed by atoms with Crippen LogP contribution in [0.1, 0.15) is 29.0 Å². The van der Waals surface area contributed by atoms with E-state index in [2.05, 4.69) is 34.2 Å². The molecule has 0 saturated heterocycles. The molecule has 0 fully saturated rings. The predicted molar refractivity (Wildman–Crippen MR) is 78.7 cm³/mol. The molecule has 0 saturated carbocycles. The molecule has 1 N–H and O–H groups in total. The van der Waals surface area contributed by atoms with Gasteiger partial charge in [-0.25, -0.2) is 4.39 Å². The van der Waals surface area contributed by atoms with Crippen LogP contribution in [-0.2, 0) is 0 Å². The van der Waals surface area contributed by atoms with Crippen molar-refractivity contribution in [3.8, 4) is 0 Å². The molecule has 0 bridgehead atoms. The van der Waals surface area contributed by atoms with Crippen molar-refractivity contribution in [1.29, 1.82) is 0 Å². The first kappa shape index (κ1) is 13.7. The number of rotatable bonds is 4. The highest BCUT2D eigenvalue weighted by atomic mass is 79.9. The van der Waals surface area contributed by atoms with Crippen LogP contribution >= 0.6 is 27.3 Å². The quantitative estimate of drug-likeness (QED) is 0.861. The highest BCUT2D eigenvalue weighted by Gasteiger charge is 2.20. The fraction of sp³-hybridized carbons (Fsp3) is 0.286. The highest BCUT2D eigenvalue weighted by Crippen LogP contribution is 2.32. The van der Waals surface area contributed by atoms with E-state index in [1.807, 2.05) is 24.4 Å². The number of nitrogens with one attached hydrogen (secondary N) is 1. The van der Waals surface area contributed by atoms with Crippen LogP contribution in [-0.4, -0.2) is 6.54 Å². The van der Waals surface area contributed by atoms with Crippen LogP contribution in [0.3, 0.4) is 0 Å². The average Bonchev–Trinajstić information content (AvgIpc) is 2.76. The number of thiophene rings is 1. The SMILES string of the molecule is CCNC(c1cccc(Br)c1F)c1sccc1C. The van der Waals surface area contributed by atoms with Gasteiger partial charge in [0, 0.05) is 10.4 Å². The monoisotopic (exact) mass is 327 g/mol. The van der Waals surface area contributed by atoms with Gasteiger partial charge in [-0.1, -0.05) is 19.1 Å². The van der Waals surface area contributed by atoms with Gasteiger partial charge in [0.25, 0.3) is 0 Å². The van der Waals surface area contributed by atoms with E-state index in [1.165, 1.54) is 10.4 Å². The van der Waals surface area contributed by atoms with E-state index in [4.69, 9.17) is 0 Å². The third-order valence-electron chi connectivity index (χ3n) is 2.86. The molecule has 0 aliphatic heterocycles. The molecule has 1 atom stereocenters. The number of hydrogen-bond donors (Lipinski definition) is 1. The first-order chi connectivity index (χ1) is 8.65. The van der Waals surface area contributed by atoms with E-state index in [0.29, 0.717) is 10.0 Å². The third-order valence-corrected chi connectivity index (χ3v) is 4.56. The Kier molecular flexibility index (Phi) is 4.54. The second-order valence-electron chi connectivity index (χ2n) is 4.10. The Hall–Kier alpha value is -0.710. The van der Waals surface area contributed by atoms with Gasteiger partial charge in [-0.05, 0) is 52.5 Å². The minimum Gasteiger partial charge on any atom is -0.306 e. The lowest BCUT2D eigenvalue weighted by Gasteiger charge is -2.19. The molecule has 18 heavy (non-hydrogen) atoms. The Labute approximate surface area is 119 Å². The molecular formula is C14H15BrFNS. The summed E-state index contributed by atoms with van der Waals surface area (Å²) < 4.78 is 14.7. The van der Waals surface area contributed by atoms with E-state index >= 15 is 0 Å². The lowest BCUT2D eigenvalue weighted by atomic mass is 10.0. The fourth-order valence-electron chi connectivity index (χ4n) is 1.97. The van der Waals surface area contributed by atoms with Crippen molar-refractivity contribution in [3.63, 3.8) is 0 Å². The van der Waals surface area contributed by atoms with Gasteiger partial charge in [-0.2, -0.15) is 0 Å². The largest absolute Gasteiger partial charge is 0.306 e. The molecule has 0 spiro atoms. The number of aryl methyl sites for hydroxylation is 1. The van der Waals surface area contributed by atoms with Gasteiger partial charge in [-0.15, -0.1) is 11.3 Å². The second kappa shape index (κ2) is 5.95. The zero-order chi connectivity index (χ0) is 13.1. The maximum absolute atomic E-state index is 14.2. The molecular weight excluding hydrogens is 313 g/mol. The summed E-state index contributed by atoms with van der Waals surface area (Å²) in [7, 11) is 0. The molecule has 1 unspecified atom stereocenters. The third kappa shape index (κ3) is 2.66. The molecule has 1 nitrogen and oxygen atoms in total. The van der Waals surface area contributed by atoms with Crippen molar-refractivity contribution in [1.82, 2.24) is 5.32 Å². The summed E-state index contributed by atoms with van der Waals surface area (Å²) in [5.41, 5.74) is 1.89. The Balaban J connectivity index is 2.48. The lowest BCUT2D eigenvalue weighted by molar-refractivity contribution is 0.558.